The second-order valence-corrected chi connectivity index (χ2v) is 6.60. The van der Waals surface area contributed by atoms with Crippen LogP contribution in [0.5, 0.6) is 0 Å². The van der Waals surface area contributed by atoms with Gasteiger partial charge in [0.2, 0.25) is 10.0 Å². The lowest BCUT2D eigenvalue weighted by atomic mass is 10.3. The molecule has 7 nitrogen and oxygen atoms in total. The molecule has 1 aromatic carbocycles. The monoisotopic (exact) mass is 319 g/mol. The molecule has 1 aliphatic heterocycles. The number of fused-ring (bicyclic) bond motifs is 1. The van der Waals surface area contributed by atoms with E-state index in [0.717, 1.165) is 19.2 Å². The lowest BCUT2D eigenvalue weighted by molar-refractivity contribution is -0.385. The van der Waals surface area contributed by atoms with Gasteiger partial charge in [-0.05, 0) is 31.0 Å². The fourth-order valence-corrected chi connectivity index (χ4v) is 3.98. The quantitative estimate of drug-likeness (QED) is 0.622. The number of nitrogens with zero attached hydrogens (tertiary/aromatic N) is 1. The normalized spacial score (nSPS) is 27.5. The number of nitro groups is 1. The van der Waals surface area contributed by atoms with Crippen molar-refractivity contribution in [3.8, 4) is 0 Å². The average Bonchev–Trinajstić information content (AvgIpc) is 2.82. The van der Waals surface area contributed by atoms with E-state index in [1.807, 2.05) is 0 Å². The van der Waals surface area contributed by atoms with E-state index in [1.54, 1.807) is 0 Å². The number of non-ortho nitro benzene ring substituents is 1. The second kappa shape index (κ2) is 5.28. The Morgan fingerprint density at radius 1 is 1.30 bits per heavy atom. The van der Waals surface area contributed by atoms with E-state index in [1.165, 1.54) is 18.2 Å². The van der Waals surface area contributed by atoms with Gasteiger partial charge in [0.15, 0.2) is 0 Å². The van der Waals surface area contributed by atoms with Crippen LogP contribution in [0.3, 0.4) is 0 Å². The molecule has 2 aliphatic rings. The summed E-state index contributed by atoms with van der Waals surface area (Å²) in [6.07, 6.45) is 0. The lowest BCUT2D eigenvalue weighted by Crippen LogP contribution is -2.32. The zero-order valence-corrected chi connectivity index (χ0v) is 12.0. The molecule has 2 atom stereocenters. The van der Waals surface area contributed by atoms with E-state index in [4.69, 9.17) is 0 Å². The fraction of sp³-hybridized carbons (Fsp3) is 0.455. The van der Waals surface area contributed by atoms with Crippen LogP contribution in [-0.4, -0.2) is 32.5 Å². The van der Waals surface area contributed by atoms with Gasteiger partial charge in [0.05, 0.1) is 9.82 Å². The van der Waals surface area contributed by atoms with Gasteiger partial charge in [-0.3, -0.25) is 10.1 Å². The molecule has 1 aromatic rings. The van der Waals surface area contributed by atoms with Gasteiger partial charge in [-0.1, -0.05) is 6.07 Å². The van der Waals surface area contributed by atoms with Crippen LogP contribution in [0.4, 0.5) is 5.69 Å². The van der Waals surface area contributed by atoms with Crippen LogP contribution in [0.1, 0.15) is 0 Å². The summed E-state index contributed by atoms with van der Waals surface area (Å²) in [4.78, 5) is 10.00. The number of sulfonamides is 1. The third-order valence-electron chi connectivity index (χ3n) is 3.72. The SMILES string of the molecule is Cl.O=[N+]([O-])c1cccc(S(=O)(=O)NC2C3CNCC32)c1. The highest BCUT2D eigenvalue weighted by atomic mass is 35.5. The topological polar surface area (TPSA) is 101 Å². The van der Waals surface area contributed by atoms with Crippen molar-refractivity contribution in [2.75, 3.05) is 13.1 Å². The Hall–Kier alpha value is -1.22. The minimum absolute atomic E-state index is 0. The van der Waals surface area contributed by atoms with E-state index in [-0.39, 0.29) is 29.0 Å². The summed E-state index contributed by atoms with van der Waals surface area (Å²) in [5.41, 5.74) is -0.222. The molecule has 2 fully saturated rings. The molecule has 20 heavy (non-hydrogen) atoms. The number of piperidine rings is 1. The van der Waals surface area contributed by atoms with Crippen LogP contribution in [0, 0.1) is 22.0 Å². The maximum Gasteiger partial charge on any atom is 0.270 e. The molecule has 3 rings (SSSR count). The van der Waals surface area contributed by atoms with Gasteiger partial charge in [0, 0.05) is 18.2 Å². The Morgan fingerprint density at radius 3 is 2.55 bits per heavy atom. The molecule has 1 saturated carbocycles. The zero-order valence-electron chi connectivity index (χ0n) is 10.4. The molecular formula is C11H14ClN3O4S. The molecule has 0 radical (unpaired) electrons. The Bertz CT molecular complexity index is 626. The predicted octanol–water partition coefficient (Wildman–Crippen LogP) is 0.513. The smallest absolute Gasteiger partial charge is 0.270 e. The number of rotatable bonds is 4. The Balaban J connectivity index is 0.00000147. The first-order valence-corrected chi connectivity index (χ1v) is 7.45. The number of hydrogen-bond donors (Lipinski definition) is 2. The number of hydrogen-bond acceptors (Lipinski definition) is 5. The first kappa shape index (κ1) is 15.2. The van der Waals surface area contributed by atoms with Crippen molar-refractivity contribution in [1.29, 1.82) is 0 Å². The van der Waals surface area contributed by atoms with Crippen LogP contribution in [0.15, 0.2) is 29.2 Å². The summed E-state index contributed by atoms with van der Waals surface area (Å²) in [5.74, 6) is 0.710. The molecule has 0 spiro atoms. The van der Waals surface area contributed by atoms with E-state index in [2.05, 4.69) is 10.0 Å². The molecule has 1 aliphatic carbocycles. The second-order valence-electron chi connectivity index (χ2n) is 4.89. The number of nitrogens with one attached hydrogen (secondary N) is 2. The van der Waals surface area contributed by atoms with E-state index in [9.17, 15) is 18.5 Å². The Labute approximate surface area is 122 Å². The molecular weight excluding hydrogens is 306 g/mol. The number of nitro benzene ring substituents is 1. The first-order chi connectivity index (χ1) is 8.99. The molecule has 0 bridgehead atoms. The molecule has 0 amide bonds. The zero-order chi connectivity index (χ0) is 13.6. The van der Waals surface area contributed by atoms with Crippen LogP contribution < -0.4 is 10.0 Å². The highest BCUT2D eigenvalue weighted by Crippen LogP contribution is 2.42. The van der Waals surface area contributed by atoms with Crippen LogP contribution in [0.25, 0.3) is 0 Å². The van der Waals surface area contributed by atoms with Gasteiger partial charge >= 0.3 is 0 Å². The van der Waals surface area contributed by atoms with Crippen LogP contribution in [0.2, 0.25) is 0 Å². The summed E-state index contributed by atoms with van der Waals surface area (Å²) in [6, 6.07) is 5.06. The Morgan fingerprint density at radius 2 is 1.95 bits per heavy atom. The summed E-state index contributed by atoms with van der Waals surface area (Å²) in [6.45, 7) is 1.65. The largest absolute Gasteiger partial charge is 0.316 e. The van der Waals surface area contributed by atoms with Crippen LogP contribution in [-0.2, 0) is 10.0 Å². The maximum atomic E-state index is 12.1. The van der Waals surface area contributed by atoms with Crippen molar-refractivity contribution in [2.24, 2.45) is 11.8 Å². The molecule has 9 heteroatoms. The fourth-order valence-electron chi connectivity index (χ4n) is 2.60. The van der Waals surface area contributed by atoms with Crippen molar-refractivity contribution < 1.29 is 13.3 Å². The van der Waals surface area contributed by atoms with E-state index < -0.39 is 14.9 Å². The van der Waals surface area contributed by atoms with E-state index >= 15 is 0 Å². The van der Waals surface area contributed by atoms with Crippen molar-refractivity contribution in [3.63, 3.8) is 0 Å². The summed E-state index contributed by atoms with van der Waals surface area (Å²) in [7, 11) is -3.68. The van der Waals surface area contributed by atoms with Crippen molar-refractivity contribution in [3.05, 3.63) is 34.4 Å². The van der Waals surface area contributed by atoms with Gasteiger partial charge in [0.25, 0.3) is 5.69 Å². The minimum Gasteiger partial charge on any atom is -0.316 e. The number of benzene rings is 1. The maximum absolute atomic E-state index is 12.1. The summed E-state index contributed by atoms with van der Waals surface area (Å²) < 4.78 is 26.9. The molecule has 110 valence electrons. The third-order valence-corrected chi connectivity index (χ3v) is 5.18. The summed E-state index contributed by atoms with van der Waals surface area (Å²) >= 11 is 0. The van der Waals surface area contributed by atoms with Crippen LogP contribution >= 0.6 is 12.4 Å². The minimum atomic E-state index is -3.68. The van der Waals surface area contributed by atoms with Gasteiger partial charge in [-0.15, -0.1) is 12.4 Å². The molecule has 0 aromatic heterocycles. The third kappa shape index (κ3) is 2.64. The standard InChI is InChI=1S/C11H13N3O4S.ClH/c15-14(16)7-2-1-3-8(4-7)19(17,18)13-11-9-5-12-6-10(9)11;/h1-4,9-13H,5-6H2;1H. The average molecular weight is 320 g/mol. The molecule has 1 heterocycles. The highest BCUT2D eigenvalue weighted by Gasteiger charge is 2.54. The molecule has 2 unspecified atom stereocenters. The van der Waals surface area contributed by atoms with Crippen molar-refractivity contribution in [2.45, 2.75) is 10.9 Å². The lowest BCUT2D eigenvalue weighted by Gasteiger charge is -2.08. The van der Waals surface area contributed by atoms with Crippen molar-refractivity contribution >= 4 is 28.1 Å². The van der Waals surface area contributed by atoms with Crippen molar-refractivity contribution in [1.82, 2.24) is 10.0 Å². The van der Waals surface area contributed by atoms with Gasteiger partial charge in [-0.2, -0.15) is 0 Å². The highest BCUT2D eigenvalue weighted by molar-refractivity contribution is 7.89. The Kier molecular flexibility index (Phi) is 4.01. The molecule has 2 N–H and O–H groups in total. The van der Waals surface area contributed by atoms with Gasteiger partial charge < -0.3 is 5.32 Å². The predicted molar refractivity (Wildman–Crippen MR) is 74.3 cm³/mol. The first-order valence-electron chi connectivity index (χ1n) is 5.96. The van der Waals surface area contributed by atoms with Gasteiger partial charge in [0.1, 0.15) is 0 Å². The van der Waals surface area contributed by atoms with Gasteiger partial charge in [-0.25, -0.2) is 13.1 Å². The molecule has 1 saturated heterocycles. The van der Waals surface area contributed by atoms with E-state index in [0.29, 0.717) is 11.8 Å². The summed E-state index contributed by atoms with van der Waals surface area (Å²) in [5, 5.41) is 13.8. The number of halogens is 1.